The van der Waals surface area contributed by atoms with E-state index in [0.717, 1.165) is 6.07 Å². The van der Waals surface area contributed by atoms with Gasteiger partial charge in [-0.15, -0.1) is 0 Å². The van der Waals surface area contributed by atoms with E-state index in [4.69, 9.17) is 11.3 Å². The quantitative estimate of drug-likeness (QED) is 0.404. The molecule has 0 saturated carbocycles. The van der Waals surface area contributed by atoms with E-state index in [-0.39, 0.29) is 25.1 Å². The lowest BCUT2D eigenvalue weighted by Gasteiger charge is -2.17. The molecule has 0 aliphatic carbocycles. The van der Waals surface area contributed by atoms with Gasteiger partial charge in [0.1, 0.15) is 11.9 Å². The van der Waals surface area contributed by atoms with E-state index in [2.05, 4.69) is 10.0 Å². The van der Waals surface area contributed by atoms with Crippen molar-refractivity contribution >= 4 is 0 Å². The van der Waals surface area contributed by atoms with Crippen molar-refractivity contribution in [3.63, 3.8) is 0 Å². The summed E-state index contributed by atoms with van der Waals surface area (Å²) in [5, 5.41) is 22.7. The lowest BCUT2D eigenvalue weighted by molar-refractivity contribution is 0.0149. The normalized spacial score (nSPS) is 13.8. The number of aliphatic hydroxyl groups is 2. The molecule has 1 aromatic carbocycles. The van der Waals surface area contributed by atoms with Gasteiger partial charge in [-0.25, -0.2) is 4.39 Å². The molecule has 6 nitrogen and oxygen atoms in total. The Hall–Kier alpha value is -1.66. The second-order valence-corrected chi connectivity index (χ2v) is 3.81. The molecule has 2 atom stereocenters. The second-order valence-electron chi connectivity index (χ2n) is 3.81. The zero-order valence-corrected chi connectivity index (χ0v) is 9.70. The molecule has 0 aromatic heterocycles. The number of aliphatic hydroxyl groups excluding tert-OH is 2. The first-order chi connectivity index (χ1) is 8.60. The SMILES string of the molecule is [N-]=[N+]=NCCC(O)C(O)c1ccc(CN)c(F)c1. The fraction of sp³-hybridized carbons (Fsp3) is 0.455. The topological polar surface area (TPSA) is 115 Å². The Morgan fingerprint density at radius 2 is 2.17 bits per heavy atom. The van der Waals surface area contributed by atoms with Gasteiger partial charge < -0.3 is 15.9 Å². The molecule has 0 aliphatic heterocycles. The summed E-state index contributed by atoms with van der Waals surface area (Å²) >= 11 is 0. The van der Waals surface area contributed by atoms with Crippen LogP contribution in [0.5, 0.6) is 0 Å². The molecule has 1 aromatic rings. The molecule has 0 spiro atoms. The molecule has 0 aliphatic rings. The van der Waals surface area contributed by atoms with Crippen LogP contribution in [0.1, 0.15) is 23.7 Å². The molecule has 98 valence electrons. The Labute approximate surface area is 103 Å². The van der Waals surface area contributed by atoms with Crippen molar-refractivity contribution in [3.8, 4) is 0 Å². The summed E-state index contributed by atoms with van der Waals surface area (Å²) in [6.45, 7) is 0.139. The van der Waals surface area contributed by atoms with Crippen LogP contribution in [0.3, 0.4) is 0 Å². The predicted molar refractivity (Wildman–Crippen MR) is 63.9 cm³/mol. The number of nitrogens with zero attached hydrogens (tertiary/aromatic N) is 3. The summed E-state index contributed by atoms with van der Waals surface area (Å²) in [7, 11) is 0. The minimum absolute atomic E-state index is 0.0676. The number of benzene rings is 1. The van der Waals surface area contributed by atoms with Gasteiger partial charge in [-0.1, -0.05) is 17.2 Å². The van der Waals surface area contributed by atoms with E-state index in [1.807, 2.05) is 0 Å². The third kappa shape index (κ3) is 3.68. The number of rotatable bonds is 6. The molecule has 18 heavy (non-hydrogen) atoms. The van der Waals surface area contributed by atoms with Gasteiger partial charge in [-0.2, -0.15) is 0 Å². The molecular weight excluding hydrogens is 239 g/mol. The second kappa shape index (κ2) is 6.93. The highest BCUT2D eigenvalue weighted by molar-refractivity contribution is 5.26. The van der Waals surface area contributed by atoms with Crippen molar-refractivity contribution in [2.45, 2.75) is 25.2 Å². The van der Waals surface area contributed by atoms with Gasteiger partial charge in [-0.3, -0.25) is 0 Å². The maximum absolute atomic E-state index is 13.4. The third-order valence-corrected chi connectivity index (χ3v) is 2.59. The van der Waals surface area contributed by atoms with Gasteiger partial charge in [0.05, 0.1) is 6.10 Å². The molecule has 2 unspecified atom stereocenters. The summed E-state index contributed by atoms with van der Waals surface area (Å²) in [4.78, 5) is 2.53. The van der Waals surface area contributed by atoms with Crippen LogP contribution in [-0.2, 0) is 6.54 Å². The summed E-state index contributed by atoms with van der Waals surface area (Å²) in [5.41, 5.74) is 14.0. The van der Waals surface area contributed by atoms with Crippen molar-refractivity contribution < 1.29 is 14.6 Å². The number of azide groups is 1. The summed E-state index contributed by atoms with van der Waals surface area (Å²) in [6.07, 6.45) is -2.23. The fourth-order valence-electron chi connectivity index (χ4n) is 1.53. The highest BCUT2D eigenvalue weighted by atomic mass is 19.1. The Morgan fingerprint density at radius 3 is 2.72 bits per heavy atom. The first kappa shape index (κ1) is 14.4. The monoisotopic (exact) mass is 254 g/mol. The smallest absolute Gasteiger partial charge is 0.128 e. The van der Waals surface area contributed by atoms with E-state index in [0.29, 0.717) is 5.56 Å². The van der Waals surface area contributed by atoms with E-state index < -0.39 is 18.0 Å². The van der Waals surface area contributed by atoms with Gasteiger partial charge in [0.15, 0.2) is 0 Å². The Kier molecular flexibility index (Phi) is 5.54. The van der Waals surface area contributed by atoms with Crippen LogP contribution in [0.2, 0.25) is 0 Å². The number of nitrogens with two attached hydrogens (primary N) is 1. The van der Waals surface area contributed by atoms with Crippen molar-refractivity contribution in [1.29, 1.82) is 0 Å². The van der Waals surface area contributed by atoms with Crippen LogP contribution in [0.25, 0.3) is 10.4 Å². The number of hydrogen-bond donors (Lipinski definition) is 3. The molecule has 7 heteroatoms. The van der Waals surface area contributed by atoms with Crippen LogP contribution in [0.15, 0.2) is 23.3 Å². The maximum atomic E-state index is 13.4. The van der Waals surface area contributed by atoms with Crippen LogP contribution in [0.4, 0.5) is 4.39 Å². The molecule has 1 rings (SSSR count). The minimum atomic E-state index is -1.22. The van der Waals surface area contributed by atoms with Crippen molar-refractivity contribution in [3.05, 3.63) is 45.6 Å². The van der Waals surface area contributed by atoms with E-state index >= 15 is 0 Å². The first-order valence-electron chi connectivity index (χ1n) is 5.45. The molecule has 4 N–H and O–H groups in total. The summed E-state index contributed by atoms with van der Waals surface area (Å²) in [5.74, 6) is -0.517. The first-order valence-corrected chi connectivity index (χ1v) is 5.45. The van der Waals surface area contributed by atoms with Crippen molar-refractivity contribution in [2.75, 3.05) is 6.54 Å². The minimum Gasteiger partial charge on any atom is -0.390 e. The largest absolute Gasteiger partial charge is 0.390 e. The standard InChI is InChI=1S/C11H15FN4O2/c12-9-5-7(1-2-8(9)6-13)11(18)10(17)3-4-15-16-14/h1-2,5,10-11,17-18H,3-4,6,13H2. The van der Waals surface area contributed by atoms with Crippen LogP contribution in [0, 0.1) is 5.82 Å². The molecule has 0 radical (unpaired) electrons. The lowest BCUT2D eigenvalue weighted by atomic mass is 10.0. The van der Waals surface area contributed by atoms with Gasteiger partial charge >= 0.3 is 0 Å². The zero-order chi connectivity index (χ0) is 13.5. The average Bonchev–Trinajstić information content (AvgIpc) is 2.38. The van der Waals surface area contributed by atoms with E-state index in [9.17, 15) is 14.6 Å². The fourth-order valence-corrected chi connectivity index (χ4v) is 1.53. The third-order valence-electron chi connectivity index (χ3n) is 2.59. The highest BCUT2D eigenvalue weighted by Crippen LogP contribution is 2.21. The Morgan fingerprint density at radius 1 is 1.44 bits per heavy atom. The van der Waals surface area contributed by atoms with Gasteiger partial charge in [0, 0.05) is 23.6 Å². The van der Waals surface area contributed by atoms with Crippen LogP contribution in [-0.4, -0.2) is 22.9 Å². The molecule has 0 heterocycles. The Bertz CT molecular complexity index is 449. The summed E-state index contributed by atoms with van der Waals surface area (Å²) in [6, 6.07) is 4.12. The molecule has 0 saturated heterocycles. The maximum Gasteiger partial charge on any atom is 0.128 e. The average molecular weight is 254 g/mol. The van der Waals surface area contributed by atoms with Gasteiger partial charge in [0.25, 0.3) is 0 Å². The van der Waals surface area contributed by atoms with E-state index in [1.165, 1.54) is 12.1 Å². The molecule has 0 fully saturated rings. The van der Waals surface area contributed by atoms with Crippen molar-refractivity contribution in [1.82, 2.24) is 0 Å². The van der Waals surface area contributed by atoms with E-state index in [1.54, 1.807) is 0 Å². The number of halogens is 1. The number of hydrogen-bond acceptors (Lipinski definition) is 4. The van der Waals surface area contributed by atoms with Crippen molar-refractivity contribution in [2.24, 2.45) is 10.8 Å². The Balaban J connectivity index is 2.73. The molecular formula is C11H15FN4O2. The zero-order valence-electron chi connectivity index (χ0n) is 9.70. The molecule has 0 bridgehead atoms. The van der Waals surface area contributed by atoms with Gasteiger partial charge in [-0.05, 0) is 23.6 Å². The van der Waals surface area contributed by atoms with Crippen LogP contribution >= 0.6 is 0 Å². The van der Waals surface area contributed by atoms with Crippen LogP contribution < -0.4 is 5.73 Å². The lowest BCUT2D eigenvalue weighted by Crippen LogP contribution is -2.19. The highest BCUT2D eigenvalue weighted by Gasteiger charge is 2.18. The van der Waals surface area contributed by atoms with Gasteiger partial charge in [0.2, 0.25) is 0 Å². The summed E-state index contributed by atoms with van der Waals surface area (Å²) < 4.78 is 13.4. The molecule has 0 amide bonds. The predicted octanol–water partition coefficient (Wildman–Crippen LogP) is 1.38.